The predicted octanol–water partition coefficient (Wildman–Crippen LogP) is 4.81. The molecular formula is C24H29Cl2N7O2. The highest BCUT2D eigenvalue weighted by molar-refractivity contribution is 6.39. The number of imidazole rings is 1. The van der Waals surface area contributed by atoms with E-state index in [0.717, 1.165) is 32.1 Å². The molecule has 186 valence electrons. The topological polar surface area (TPSA) is 131 Å². The van der Waals surface area contributed by atoms with Crippen molar-refractivity contribution in [2.24, 2.45) is 11.7 Å². The first-order chi connectivity index (χ1) is 16.9. The number of fused-ring (bicyclic) bond motifs is 1. The Labute approximate surface area is 213 Å². The van der Waals surface area contributed by atoms with Crippen LogP contribution >= 0.6 is 23.2 Å². The van der Waals surface area contributed by atoms with E-state index in [1.807, 2.05) is 0 Å². The van der Waals surface area contributed by atoms with Gasteiger partial charge < -0.3 is 21.5 Å². The van der Waals surface area contributed by atoms with E-state index in [1.54, 1.807) is 24.4 Å². The molecule has 2 saturated carbocycles. The average molecular weight is 518 g/mol. The number of amides is 1. The summed E-state index contributed by atoms with van der Waals surface area (Å²) in [5.41, 5.74) is 7.46. The van der Waals surface area contributed by atoms with Crippen molar-refractivity contribution < 1.29 is 9.90 Å². The Morgan fingerprint density at radius 3 is 2.51 bits per heavy atom. The van der Waals surface area contributed by atoms with Gasteiger partial charge in [0.1, 0.15) is 5.52 Å². The molecule has 35 heavy (non-hydrogen) atoms. The van der Waals surface area contributed by atoms with Crippen molar-refractivity contribution in [3.63, 3.8) is 0 Å². The number of anilines is 3. The van der Waals surface area contributed by atoms with Crippen LogP contribution in [0.2, 0.25) is 10.0 Å². The first kappa shape index (κ1) is 24.1. The van der Waals surface area contributed by atoms with E-state index in [9.17, 15) is 9.90 Å². The zero-order valence-corrected chi connectivity index (χ0v) is 20.8. The summed E-state index contributed by atoms with van der Waals surface area (Å²) in [5.74, 6) is 0.714. The number of hydrogen-bond acceptors (Lipinski definition) is 7. The lowest BCUT2D eigenvalue weighted by molar-refractivity contribution is -0.122. The monoisotopic (exact) mass is 517 g/mol. The summed E-state index contributed by atoms with van der Waals surface area (Å²) in [7, 11) is 0. The Kier molecular flexibility index (Phi) is 7.00. The third-order valence-corrected chi connectivity index (χ3v) is 7.71. The molecule has 2 atom stereocenters. The molecule has 0 spiro atoms. The quantitative estimate of drug-likeness (QED) is 0.368. The number of para-hydroxylation sites is 1. The Morgan fingerprint density at radius 2 is 1.83 bits per heavy atom. The number of aliphatic hydroxyl groups is 1. The van der Waals surface area contributed by atoms with Gasteiger partial charge >= 0.3 is 0 Å². The molecule has 9 nitrogen and oxygen atoms in total. The highest BCUT2D eigenvalue weighted by Crippen LogP contribution is 2.39. The van der Waals surface area contributed by atoms with E-state index in [4.69, 9.17) is 38.9 Å². The molecular weight excluding hydrogens is 489 g/mol. The molecule has 2 aliphatic carbocycles. The molecule has 2 heterocycles. The number of primary amides is 1. The number of aliphatic hydroxyl groups excluding tert-OH is 1. The van der Waals surface area contributed by atoms with Crippen LogP contribution in [0.4, 0.5) is 17.6 Å². The van der Waals surface area contributed by atoms with E-state index < -0.39 is 0 Å². The van der Waals surface area contributed by atoms with Crippen molar-refractivity contribution in [2.75, 3.05) is 10.6 Å². The summed E-state index contributed by atoms with van der Waals surface area (Å²) in [5, 5.41) is 17.7. The molecule has 2 aliphatic rings. The molecule has 1 amide bonds. The van der Waals surface area contributed by atoms with Crippen molar-refractivity contribution in [1.29, 1.82) is 0 Å². The van der Waals surface area contributed by atoms with E-state index >= 15 is 0 Å². The average Bonchev–Trinajstić information content (AvgIpc) is 3.19. The minimum absolute atomic E-state index is 0.0682. The van der Waals surface area contributed by atoms with Gasteiger partial charge in [0.25, 0.3) is 0 Å². The van der Waals surface area contributed by atoms with Crippen molar-refractivity contribution in [2.45, 2.75) is 69.6 Å². The third-order valence-electron chi connectivity index (χ3n) is 7.08. The maximum absolute atomic E-state index is 11.7. The predicted molar refractivity (Wildman–Crippen MR) is 137 cm³/mol. The summed E-state index contributed by atoms with van der Waals surface area (Å²) in [4.78, 5) is 25.8. The van der Waals surface area contributed by atoms with Crippen LogP contribution in [0.3, 0.4) is 0 Å². The number of benzene rings is 1. The zero-order chi connectivity index (χ0) is 24.5. The minimum atomic E-state index is -0.299. The number of nitrogens with one attached hydrogen (secondary N) is 2. The van der Waals surface area contributed by atoms with Gasteiger partial charge in [-0.3, -0.25) is 9.36 Å². The zero-order valence-electron chi connectivity index (χ0n) is 19.3. The van der Waals surface area contributed by atoms with Crippen LogP contribution in [0.25, 0.3) is 11.2 Å². The number of hydrogen-bond donors (Lipinski definition) is 4. The van der Waals surface area contributed by atoms with Gasteiger partial charge in [0.05, 0.1) is 28.0 Å². The number of aromatic nitrogens is 4. The van der Waals surface area contributed by atoms with Crippen molar-refractivity contribution in [3.8, 4) is 0 Å². The first-order valence-corrected chi connectivity index (χ1v) is 12.8. The molecule has 3 aromatic rings. The maximum atomic E-state index is 11.7. The lowest BCUT2D eigenvalue weighted by Crippen LogP contribution is -2.30. The SMILES string of the molecule is NC(=O)[C@H]1CC[C@@H](n2c(Nc3c(Cl)cccc3Cl)nc3cnc(N[C@@H]4CCC[C@H](O)C4)nc32)CC1. The van der Waals surface area contributed by atoms with Gasteiger partial charge in [-0.15, -0.1) is 0 Å². The van der Waals surface area contributed by atoms with E-state index in [2.05, 4.69) is 20.2 Å². The molecule has 0 radical (unpaired) electrons. The Morgan fingerprint density at radius 1 is 1.09 bits per heavy atom. The summed E-state index contributed by atoms with van der Waals surface area (Å²) in [6.45, 7) is 0. The number of carbonyl (C=O) groups excluding carboxylic acids is 1. The largest absolute Gasteiger partial charge is 0.393 e. The van der Waals surface area contributed by atoms with Gasteiger partial charge in [0.15, 0.2) is 5.65 Å². The molecule has 2 fully saturated rings. The molecule has 0 bridgehead atoms. The van der Waals surface area contributed by atoms with Crippen LogP contribution in [0.5, 0.6) is 0 Å². The number of halogens is 2. The first-order valence-electron chi connectivity index (χ1n) is 12.1. The van der Waals surface area contributed by atoms with Crippen LogP contribution in [-0.2, 0) is 4.79 Å². The van der Waals surface area contributed by atoms with Gasteiger partial charge in [-0.25, -0.2) is 9.97 Å². The third kappa shape index (κ3) is 5.17. The minimum Gasteiger partial charge on any atom is -0.393 e. The fraction of sp³-hybridized carbons (Fsp3) is 0.500. The lowest BCUT2D eigenvalue weighted by atomic mass is 9.85. The molecule has 1 aromatic carbocycles. The number of carbonyl (C=O) groups is 1. The fourth-order valence-corrected chi connectivity index (χ4v) is 5.71. The second kappa shape index (κ2) is 10.2. The molecule has 5 rings (SSSR count). The Hall–Kier alpha value is -2.62. The standard InChI is InChI=1S/C24H29Cl2N7O2/c25-17-5-2-6-18(26)20(17)31-24-30-19-12-28-23(29-14-3-1-4-16(34)11-14)32-22(19)33(24)15-9-7-13(8-10-15)21(27)35/h2,5-6,12-16,34H,1,3-4,7-11H2,(H2,27,35)(H,30,31)(H,28,29,32)/t13-,14-,15+,16+/m1/s1. The summed E-state index contributed by atoms with van der Waals surface area (Å²) in [6, 6.07) is 5.51. The number of rotatable bonds is 6. The normalized spacial score (nSPS) is 24.9. The van der Waals surface area contributed by atoms with Crippen molar-refractivity contribution in [3.05, 3.63) is 34.4 Å². The van der Waals surface area contributed by atoms with Crippen LogP contribution in [0.15, 0.2) is 24.4 Å². The van der Waals surface area contributed by atoms with Crippen molar-refractivity contribution >= 4 is 57.9 Å². The van der Waals surface area contributed by atoms with Gasteiger partial charge in [-0.1, -0.05) is 29.3 Å². The van der Waals surface area contributed by atoms with Gasteiger partial charge in [-0.2, -0.15) is 4.98 Å². The second-order valence-electron chi connectivity index (χ2n) is 9.50. The van der Waals surface area contributed by atoms with E-state index in [0.29, 0.717) is 58.1 Å². The Bertz CT molecular complexity index is 1210. The molecule has 0 unspecified atom stereocenters. The maximum Gasteiger partial charge on any atom is 0.224 e. The van der Waals surface area contributed by atoms with Gasteiger partial charge in [0, 0.05) is 18.0 Å². The van der Waals surface area contributed by atoms with Crippen LogP contribution in [0, 0.1) is 5.92 Å². The second-order valence-corrected chi connectivity index (χ2v) is 10.3. The van der Waals surface area contributed by atoms with E-state index in [-0.39, 0.29) is 30.0 Å². The highest BCUT2D eigenvalue weighted by atomic mass is 35.5. The van der Waals surface area contributed by atoms with Crippen molar-refractivity contribution in [1.82, 2.24) is 19.5 Å². The highest BCUT2D eigenvalue weighted by Gasteiger charge is 2.30. The summed E-state index contributed by atoms with van der Waals surface area (Å²) < 4.78 is 2.06. The summed E-state index contributed by atoms with van der Waals surface area (Å²) >= 11 is 12.8. The van der Waals surface area contributed by atoms with E-state index in [1.165, 1.54) is 0 Å². The lowest BCUT2D eigenvalue weighted by Gasteiger charge is -2.29. The van der Waals surface area contributed by atoms with Gasteiger partial charge in [0.2, 0.25) is 17.8 Å². The van der Waals surface area contributed by atoms with Crippen LogP contribution < -0.4 is 16.4 Å². The molecule has 5 N–H and O–H groups in total. The van der Waals surface area contributed by atoms with Gasteiger partial charge in [-0.05, 0) is 63.5 Å². The fourth-order valence-electron chi connectivity index (χ4n) is 5.22. The molecule has 0 aliphatic heterocycles. The Balaban J connectivity index is 1.51. The number of nitrogens with two attached hydrogens (primary N) is 1. The van der Waals surface area contributed by atoms with Crippen LogP contribution in [-0.4, -0.2) is 42.7 Å². The molecule has 2 aromatic heterocycles. The summed E-state index contributed by atoms with van der Waals surface area (Å²) in [6.07, 6.45) is 7.80. The molecule has 0 saturated heterocycles. The van der Waals surface area contributed by atoms with Crippen LogP contribution in [0.1, 0.15) is 57.4 Å². The smallest absolute Gasteiger partial charge is 0.224 e. The number of nitrogens with zero attached hydrogens (tertiary/aromatic N) is 4. The molecule has 11 heteroatoms.